The molecule has 1 aromatic carbocycles. The van der Waals surface area contributed by atoms with Gasteiger partial charge in [-0.15, -0.1) is 11.3 Å². The van der Waals surface area contributed by atoms with Gasteiger partial charge in [0, 0.05) is 28.9 Å². The molecule has 0 aliphatic heterocycles. The van der Waals surface area contributed by atoms with E-state index in [0.717, 1.165) is 11.1 Å². The minimum Gasteiger partial charge on any atom is -0.245 e. The van der Waals surface area contributed by atoms with Gasteiger partial charge in [0.15, 0.2) is 0 Å². The fourth-order valence-electron chi connectivity index (χ4n) is 1.93. The maximum Gasteiger partial charge on any atom is 0.218 e. The quantitative estimate of drug-likeness (QED) is 0.765. The summed E-state index contributed by atoms with van der Waals surface area (Å²) in [6.07, 6.45) is 0. The van der Waals surface area contributed by atoms with Gasteiger partial charge in [-0.3, -0.25) is 0 Å². The first kappa shape index (κ1) is 18.3. The topological polar surface area (TPSA) is 50.3 Å². The Hall–Kier alpha value is -1.02. The molecule has 2 aromatic rings. The molecule has 0 saturated carbocycles. The highest BCUT2D eigenvalue weighted by atomic mass is 35.5. The normalized spacial score (nSPS) is 12.3. The second kappa shape index (κ2) is 7.25. The lowest BCUT2D eigenvalue weighted by Crippen LogP contribution is -2.28. The molecule has 1 heterocycles. The molecule has 2 rings (SSSR count). The van der Waals surface area contributed by atoms with Crippen LogP contribution in [0.3, 0.4) is 0 Å². The van der Waals surface area contributed by atoms with Crippen molar-refractivity contribution in [2.45, 2.75) is 32.1 Å². The Labute approximate surface area is 145 Å². The van der Waals surface area contributed by atoms with Gasteiger partial charge in [0.1, 0.15) is 5.82 Å². The molecular weight excluding hydrogens is 359 g/mol. The zero-order chi connectivity index (χ0) is 17.2. The molecule has 0 N–H and O–H groups in total. The van der Waals surface area contributed by atoms with Gasteiger partial charge in [-0.2, -0.15) is 4.31 Å². The molecule has 0 saturated heterocycles. The molecule has 23 heavy (non-hydrogen) atoms. The molecule has 0 radical (unpaired) electrons. The lowest BCUT2D eigenvalue weighted by molar-refractivity contribution is 0.460. The molecule has 0 atom stereocenters. The van der Waals surface area contributed by atoms with Crippen molar-refractivity contribution in [3.8, 4) is 0 Å². The molecule has 8 heteroatoms. The van der Waals surface area contributed by atoms with E-state index in [0.29, 0.717) is 11.6 Å². The van der Waals surface area contributed by atoms with E-state index in [2.05, 4.69) is 4.98 Å². The SMILES string of the molecule is CC(C)c1nc(CN(C)S(=O)(=O)Cc2ccc(Cl)cc2F)cs1. The van der Waals surface area contributed by atoms with Crippen LogP contribution < -0.4 is 0 Å². The Morgan fingerprint density at radius 3 is 2.65 bits per heavy atom. The summed E-state index contributed by atoms with van der Waals surface area (Å²) in [5.41, 5.74) is 0.795. The van der Waals surface area contributed by atoms with E-state index in [9.17, 15) is 12.8 Å². The Kier molecular flexibility index (Phi) is 5.78. The summed E-state index contributed by atoms with van der Waals surface area (Å²) in [6.45, 7) is 4.24. The average Bonchev–Trinajstić information content (AvgIpc) is 2.90. The van der Waals surface area contributed by atoms with Gasteiger partial charge >= 0.3 is 0 Å². The van der Waals surface area contributed by atoms with Crippen LogP contribution in [-0.2, 0) is 22.3 Å². The average molecular weight is 377 g/mol. The van der Waals surface area contributed by atoms with Crippen LogP contribution in [0, 0.1) is 5.82 Å². The number of sulfonamides is 1. The van der Waals surface area contributed by atoms with Crippen LogP contribution in [0.25, 0.3) is 0 Å². The summed E-state index contributed by atoms with van der Waals surface area (Å²) in [5, 5.41) is 3.06. The van der Waals surface area contributed by atoms with Crippen LogP contribution in [0.4, 0.5) is 4.39 Å². The van der Waals surface area contributed by atoms with E-state index in [1.54, 1.807) is 0 Å². The summed E-state index contributed by atoms with van der Waals surface area (Å²) in [5.74, 6) is -0.725. The highest BCUT2D eigenvalue weighted by Gasteiger charge is 2.22. The number of rotatable bonds is 6. The van der Waals surface area contributed by atoms with E-state index in [-0.39, 0.29) is 17.1 Å². The van der Waals surface area contributed by atoms with Crippen LogP contribution in [0.2, 0.25) is 5.02 Å². The van der Waals surface area contributed by atoms with Gasteiger partial charge in [0.05, 0.1) is 23.0 Å². The van der Waals surface area contributed by atoms with Crippen molar-refractivity contribution < 1.29 is 12.8 Å². The predicted molar refractivity (Wildman–Crippen MR) is 91.7 cm³/mol. The fourth-order valence-corrected chi connectivity index (χ4v) is 4.09. The molecule has 0 aliphatic rings. The van der Waals surface area contributed by atoms with Crippen LogP contribution in [0.15, 0.2) is 23.6 Å². The molecule has 4 nitrogen and oxygen atoms in total. The summed E-state index contributed by atoms with van der Waals surface area (Å²) in [7, 11) is -2.17. The largest absolute Gasteiger partial charge is 0.245 e. The maximum atomic E-state index is 13.8. The van der Waals surface area contributed by atoms with Gasteiger partial charge in [0.2, 0.25) is 10.0 Å². The molecule has 0 aliphatic carbocycles. The number of aromatic nitrogens is 1. The predicted octanol–water partition coefficient (Wildman–Crippen LogP) is 4.02. The monoisotopic (exact) mass is 376 g/mol. The Balaban J connectivity index is 2.11. The minimum atomic E-state index is -3.64. The van der Waals surface area contributed by atoms with Crippen LogP contribution in [0.1, 0.15) is 36.0 Å². The van der Waals surface area contributed by atoms with Crippen LogP contribution in [0.5, 0.6) is 0 Å². The molecule has 0 unspecified atom stereocenters. The molecule has 0 spiro atoms. The summed E-state index contributed by atoms with van der Waals surface area (Å²) in [6, 6.07) is 3.98. The van der Waals surface area contributed by atoms with E-state index in [1.807, 2.05) is 19.2 Å². The van der Waals surface area contributed by atoms with E-state index >= 15 is 0 Å². The second-order valence-electron chi connectivity index (χ2n) is 5.58. The van der Waals surface area contributed by atoms with Gasteiger partial charge in [-0.25, -0.2) is 17.8 Å². The third kappa shape index (κ3) is 4.73. The number of halogens is 2. The highest BCUT2D eigenvalue weighted by Crippen LogP contribution is 2.22. The van der Waals surface area contributed by atoms with Crippen molar-refractivity contribution in [1.82, 2.24) is 9.29 Å². The number of benzene rings is 1. The van der Waals surface area contributed by atoms with Gasteiger partial charge in [0.25, 0.3) is 0 Å². The standard InChI is InChI=1S/C15H18ClFN2O2S2/c1-10(2)15-18-13(8-22-15)7-19(3)23(20,21)9-11-4-5-12(16)6-14(11)17/h4-6,8,10H,7,9H2,1-3H3. The van der Waals surface area contributed by atoms with Crippen molar-refractivity contribution in [2.75, 3.05) is 7.05 Å². The van der Waals surface area contributed by atoms with Gasteiger partial charge in [-0.1, -0.05) is 31.5 Å². The van der Waals surface area contributed by atoms with Crippen molar-refractivity contribution >= 4 is 33.0 Å². The Morgan fingerprint density at radius 2 is 2.09 bits per heavy atom. The van der Waals surface area contributed by atoms with Crippen LogP contribution in [-0.4, -0.2) is 24.8 Å². The number of nitrogens with zero attached hydrogens (tertiary/aromatic N) is 2. The van der Waals surface area contributed by atoms with Crippen molar-refractivity contribution in [3.05, 3.63) is 50.7 Å². The third-order valence-corrected chi connectivity index (χ3v) is 6.46. The molecule has 0 fully saturated rings. The Morgan fingerprint density at radius 1 is 1.39 bits per heavy atom. The van der Waals surface area contributed by atoms with E-state index in [4.69, 9.17) is 11.6 Å². The Bertz CT molecular complexity index is 791. The smallest absolute Gasteiger partial charge is 0.218 e. The molecule has 0 bridgehead atoms. The van der Waals surface area contributed by atoms with E-state index < -0.39 is 21.6 Å². The summed E-state index contributed by atoms with van der Waals surface area (Å²) in [4.78, 5) is 4.42. The first-order chi connectivity index (χ1) is 10.7. The second-order valence-corrected chi connectivity index (χ2v) is 8.98. The number of thiazole rings is 1. The zero-order valence-corrected chi connectivity index (χ0v) is 15.5. The minimum absolute atomic E-state index is 0.0994. The fraction of sp³-hybridized carbons (Fsp3) is 0.400. The molecular formula is C15H18ClFN2O2S2. The van der Waals surface area contributed by atoms with Gasteiger partial charge < -0.3 is 0 Å². The van der Waals surface area contributed by atoms with Crippen molar-refractivity contribution in [2.24, 2.45) is 0 Å². The molecule has 1 aromatic heterocycles. The first-order valence-electron chi connectivity index (χ1n) is 7.01. The number of hydrogen-bond acceptors (Lipinski definition) is 4. The zero-order valence-electron chi connectivity index (χ0n) is 13.1. The third-order valence-electron chi connectivity index (χ3n) is 3.28. The summed E-state index contributed by atoms with van der Waals surface area (Å²) < 4.78 is 39.7. The van der Waals surface area contributed by atoms with Crippen molar-refractivity contribution in [3.63, 3.8) is 0 Å². The van der Waals surface area contributed by atoms with Crippen molar-refractivity contribution in [1.29, 1.82) is 0 Å². The molecule has 0 amide bonds. The lowest BCUT2D eigenvalue weighted by Gasteiger charge is -2.16. The maximum absolute atomic E-state index is 13.8. The molecule has 126 valence electrons. The van der Waals surface area contributed by atoms with Crippen LogP contribution >= 0.6 is 22.9 Å². The lowest BCUT2D eigenvalue weighted by atomic mass is 10.2. The summed E-state index contributed by atoms with van der Waals surface area (Å²) >= 11 is 7.19. The van der Waals surface area contributed by atoms with E-state index in [1.165, 1.54) is 34.8 Å². The van der Waals surface area contributed by atoms with Gasteiger partial charge in [-0.05, 0) is 12.1 Å². The highest BCUT2D eigenvalue weighted by molar-refractivity contribution is 7.88. The number of hydrogen-bond donors (Lipinski definition) is 0. The first-order valence-corrected chi connectivity index (χ1v) is 9.88.